The molecule has 180 valence electrons. The molecule has 1 aromatic heterocycles. The molecular weight excluding hydrogens is 450 g/mol. The van der Waals surface area contributed by atoms with Crippen molar-refractivity contribution in [3.8, 4) is 0 Å². The minimum absolute atomic E-state index is 0.0882. The van der Waals surface area contributed by atoms with Crippen molar-refractivity contribution in [3.63, 3.8) is 0 Å². The maximum absolute atomic E-state index is 12.1. The van der Waals surface area contributed by atoms with Crippen molar-refractivity contribution in [1.82, 2.24) is 15.3 Å². The van der Waals surface area contributed by atoms with Gasteiger partial charge in [0.25, 0.3) is 0 Å². The Morgan fingerprint density at radius 2 is 2.09 bits per heavy atom. The maximum atomic E-state index is 12.1. The van der Waals surface area contributed by atoms with E-state index >= 15 is 0 Å². The predicted molar refractivity (Wildman–Crippen MR) is 141 cm³/mol. The molecule has 7 nitrogen and oxygen atoms in total. The molecule has 0 aliphatic carbocycles. The van der Waals surface area contributed by atoms with Crippen LogP contribution < -0.4 is 16.0 Å². The summed E-state index contributed by atoms with van der Waals surface area (Å²) in [5.41, 5.74) is 9.70. The molecule has 34 heavy (non-hydrogen) atoms. The number of halogens is 1. The van der Waals surface area contributed by atoms with E-state index in [0.717, 1.165) is 28.7 Å². The van der Waals surface area contributed by atoms with Gasteiger partial charge in [-0.1, -0.05) is 55.7 Å². The monoisotopic (exact) mass is 481 g/mol. The number of allylic oxidation sites excluding steroid dienone is 5. The van der Waals surface area contributed by atoms with Crippen molar-refractivity contribution in [2.45, 2.75) is 33.2 Å². The number of amides is 1. The summed E-state index contributed by atoms with van der Waals surface area (Å²) >= 11 is 5.93. The average Bonchev–Trinajstić information content (AvgIpc) is 2.82. The molecule has 0 spiro atoms. The molecule has 0 aliphatic heterocycles. The molecule has 1 heterocycles. The topological polar surface area (TPSA) is 93.4 Å². The molecule has 8 heteroatoms. The van der Waals surface area contributed by atoms with Crippen molar-refractivity contribution < 1.29 is 9.53 Å². The van der Waals surface area contributed by atoms with Crippen LogP contribution in [0.5, 0.6) is 0 Å². The van der Waals surface area contributed by atoms with Gasteiger partial charge in [0, 0.05) is 18.7 Å². The summed E-state index contributed by atoms with van der Waals surface area (Å²) in [5.74, 6) is 0.955. The Hall–Kier alpha value is -3.58. The molecule has 2 aromatic rings. The van der Waals surface area contributed by atoms with Gasteiger partial charge in [-0.3, -0.25) is 0 Å². The van der Waals surface area contributed by atoms with Gasteiger partial charge in [-0.25, -0.2) is 9.78 Å². The Bertz CT molecular complexity index is 1070. The van der Waals surface area contributed by atoms with Crippen molar-refractivity contribution >= 4 is 34.9 Å². The van der Waals surface area contributed by atoms with Gasteiger partial charge in [0.05, 0.1) is 6.61 Å². The fraction of sp³-hybridized carbons (Fsp3) is 0.269. The molecule has 0 radical (unpaired) electrons. The number of ether oxygens (including phenoxy) is 1. The Morgan fingerprint density at radius 3 is 2.79 bits per heavy atom. The third-order valence-electron chi connectivity index (χ3n) is 4.99. The zero-order valence-electron chi connectivity index (χ0n) is 19.8. The summed E-state index contributed by atoms with van der Waals surface area (Å²) in [7, 11) is 0. The predicted octanol–water partition coefficient (Wildman–Crippen LogP) is 5.82. The number of rotatable bonds is 12. The SMILES string of the molecule is C=C/C=C(\C=C/C)c1cccc(CNC(=O)OCCCCN(C=C)c2nc(Cl)nc(N)c2C)c1. The first-order chi connectivity index (χ1) is 16.4. The van der Waals surface area contributed by atoms with E-state index in [4.69, 9.17) is 22.1 Å². The molecular formula is C26H32ClN5O2. The summed E-state index contributed by atoms with van der Waals surface area (Å²) in [4.78, 5) is 22.1. The van der Waals surface area contributed by atoms with Gasteiger partial charge in [-0.15, -0.1) is 0 Å². The second-order valence-electron chi connectivity index (χ2n) is 7.46. The number of carbonyl (C=O) groups is 1. The molecule has 3 N–H and O–H groups in total. The van der Waals surface area contributed by atoms with E-state index in [1.165, 1.54) is 0 Å². The lowest BCUT2D eigenvalue weighted by Gasteiger charge is -2.21. The number of nitrogens with zero attached hydrogens (tertiary/aromatic N) is 3. The van der Waals surface area contributed by atoms with Crippen LogP contribution in [0.4, 0.5) is 16.4 Å². The van der Waals surface area contributed by atoms with E-state index in [9.17, 15) is 4.79 Å². The highest BCUT2D eigenvalue weighted by Gasteiger charge is 2.13. The fourth-order valence-corrected chi connectivity index (χ4v) is 3.42. The largest absolute Gasteiger partial charge is 0.450 e. The number of nitrogens with one attached hydrogen (secondary N) is 1. The molecule has 2 rings (SSSR count). The minimum Gasteiger partial charge on any atom is -0.450 e. The van der Waals surface area contributed by atoms with E-state index in [2.05, 4.69) is 28.4 Å². The number of hydrogen-bond donors (Lipinski definition) is 2. The summed E-state index contributed by atoms with van der Waals surface area (Å²) in [5, 5.41) is 2.88. The Morgan fingerprint density at radius 1 is 1.29 bits per heavy atom. The van der Waals surface area contributed by atoms with Gasteiger partial charge >= 0.3 is 6.09 Å². The van der Waals surface area contributed by atoms with E-state index in [-0.39, 0.29) is 5.28 Å². The number of benzene rings is 1. The summed E-state index contributed by atoms with van der Waals surface area (Å²) in [6, 6.07) is 7.98. The summed E-state index contributed by atoms with van der Waals surface area (Å²) in [6.45, 7) is 12.7. The second kappa shape index (κ2) is 13.9. The van der Waals surface area contributed by atoms with Crippen LogP contribution in [0.15, 0.2) is 67.9 Å². The highest BCUT2D eigenvalue weighted by molar-refractivity contribution is 6.28. The zero-order chi connectivity index (χ0) is 24.9. The van der Waals surface area contributed by atoms with Crippen molar-refractivity contribution in [3.05, 3.63) is 89.9 Å². The quantitative estimate of drug-likeness (QED) is 0.225. The normalized spacial score (nSPS) is 11.3. The maximum Gasteiger partial charge on any atom is 0.407 e. The number of hydrogen-bond acceptors (Lipinski definition) is 6. The number of anilines is 2. The molecule has 0 saturated carbocycles. The lowest BCUT2D eigenvalue weighted by molar-refractivity contribution is 0.144. The average molecular weight is 482 g/mol. The van der Waals surface area contributed by atoms with Gasteiger partial charge < -0.3 is 20.7 Å². The number of nitrogen functional groups attached to an aromatic ring is 1. The van der Waals surface area contributed by atoms with Crippen LogP contribution in [-0.4, -0.2) is 29.2 Å². The van der Waals surface area contributed by atoms with Crippen LogP contribution in [0.1, 0.15) is 36.5 Å². The first kappa shape index (κ1) is 26.7. The third-order valence-corrected chi connectivity index (χ3v) is 5.16. The lowest BCUT2D eigenvalue weighted by atomic mass is 10.0. The molecule has 0 bridgehead atoms. The molecule has 1 amide bonds. The van der Waals surface area contributed by atoms with Crippen LogP contribution in [-0.2, 0) is 11.3 Å². The number of nitrogens with two attached hydrogens (primary N) is 1. The van der Waals surface area contributed by atoms with Gasteiger partial charge in [-0.2, -0.15) is 4.98 Å². The van der Waals surface area contributed by atoms with Gasteiger partial charge in [0.2, 0.25) is 5.28 Å². The minimum atomic E-state index is -0.451. The number of unbranched alkanes of at least 4 members (excludes halogenated alkanes) is 1. The van der Waals surface area contributed by atoms with Crippen molar-refractivity contribution in [2.75, 3.05) is 23.8 Å². The van der Waals surface area contributed by atoms with Gasteiger partial charge in [0.1, 0.15) is 11.6 Å². The zero-order valence-corrected chi connectivity index (χ0v) is 20.5. The van der Waals surface area contributed by atoms with Crippen LogP contribution in [0.2, 0.25) is 5.28 Å². The van der Waals surface area contributed by atoms with Gasteiger partial charge in [-0.05, 0) is 67.3 Å². The fourth-order valence-electron chi connectivity index (χ4n) is 3.25. The Kier molecular flexibility index (Phi) is 10.9. The van der Waals surface area contributed by atoms with Crippen molar-refractivity contribution in [1.29, 1.82) is 0 Å². The van der Waals surface area contributed by atoms with E-state index < -0.39 is 6.09 Å². The van der Waals surface area contributed by atoms with Crippen LogP contribution in [0, 0.1) is 6.92 Å². The summed E-state index contributed by atoms with van der Waals surface area (Å²) in [6.07, 6.45) is 10.4. The first-order valence-corrected chi connectivity index (χ1v) is 11.4. The molecule has 0 aliphatic rings. The second-order valence-corrected chi connectivity index (χ2v) is 7.80. The highest BCUT2D eigenvalue weighted by atomic mass is 35.5. The number of alkyl carbamates (subject to hydrolysis) is 1. The van der Waals surface area contributed by atoms with Gasteiger partial charge in [0.15, 0.2) is 0 Å². The molecule has 0 fully saturated rings. The van der Waals surface area contributed by atoms with Crippen LogP contribution >= 0.6 is 11.6 Å². The van der Waals surface area contributed by atoms with E-state index in [1.54, 1.807) is 12.3 Å². The van der Waals surface area contributed by atoms with E-state index in [1.807, 2.05) is 61.2 Å². The third kappa shape index (κ3) is 8.08. The number of carbonyl (C=O) groups excluding carboxylic acids is 1. The van der Waals surface area contributed by atoms with Crippen molar-refractivity contribution in [2.24, 2.45) is 0 Å². The Labute approximate surface area is 206 Å². The Balaban J connectivity index is 1.78. The van der Waals surface area contributed by atoms with E-state index in [0.29, 0.717) is 37.8 Å². The number of aromatic nitrogens is 2. The summed E-state index contributed by atoms with van der Waals surface area (Å²) < 4.78 is 5.30. The molecule has 1 aromatic carbocycles. The van der Waals surface area contributed by atoms with Crippen LogP contribution in [0.3, 0.4) is 0 Å². The molecule has 0 saturated heterocycles. The lowest BCUT2D eigenvalue weighted by Crippen LogP contribution is -2.25. The molecule has 0 unspecified atom stereocenters. The van der Waals surface area contributed by atoms with Crippen LogP contribution in [0.25, 0.3) is 5.57 Å². The first-order valence-electron chi connectivity index (χ1n) is 11.0. The smallest absolute Gasteiger partial charge is 0.407 e. The molecule has 0 atom stereocenters. The highest BCUT2D eigenvalue weighted by Crippen LogP contribution is 2.24. The standard InChI is InChI=1S/C26H32ClN5O2/c1-5-11-21(12-6-2)22-14-10-13-20(17-22)18-29-26(33)34-16-9-8-15-32(7-3)24-19(4)23(28)30-25(27)31-24/h5-7,10-14,17H,1,3,8-9,15-16,18H2,2,4H3,(H,29,33)(H2,28,30,31)/b12-6-,21-11+.